The van der Waals surface area contributed by atoms with Crippen molar-refractivity contribution in [3.05, 3.63) is 30.1 Å². The van der Waals surface area contributed by atoms with E-state index in [1.807, 2.05) is 20.0 Å². The molecule has 72 valence electrons. The van der Waals surface area contributed by atoms with Crippen molar-refractivity contribution in [1.29, 1.82) is 0 Å². The summed E-state index contributed by atoms with van der Waals surface area (Å²) in [5.41, 5.74) is 0.649. The minimum Gasteiger partial charge on any atom is -0.507 e. The number of benzene rings is 1. The average Bonchev–Trinajstić information content (AvgIpc) is 2.49. The molecule has 1 aromatic carbocycles. The van der Waals surface area contributed by atoms with Crippen LogP contribution in [0, 0.1) is 6.92 Å². The molecular formula is C10H11N2O2+. The summed E-state index contributed by atoms with van der Waals surface area (Å²) in [5, 5.41) is 13.4. The van der Waals surface area contributed by atoms with Crippen LogP contribution in [-0.4, -0.2) is 10.3 Å². The molecule has 1 aromatic heterocycles. The molecule has 0 spiro atoms. The van der Waals surface area contributed by atoms with Crippen LogP contribution in [0.15, 0.2) is 28.8 Å². The van der Waals surface area contributed by atoms with Crippen molar-refractivity contribution in [2.75, 3.05) is 0 Å². The first kappa shape index (κ1) is 8.74. The van der Waals surface area contributed by atoms with E-state index in [4.69, 9.17) is 4.52 Å². The molecule has 2 rings (SSSR count). The molecule has 0 atom stereocenters. The fourth-order valence-corrected chi connectivity index (χ4v) is 1.26. The summed E-state index contributed by atoms with van der Waals surface area (Å²) in [6.45, 7) is 1.84. The SMILES string of the molecule is Cc1noc(-c2ccccc2O)[n+]1C. The van der Waals surface area contributed by atoms with Crippen molar-refractivity contribution in [3.63, 3.8) is 0 Å². The van der Waals surface area contributed by atoms with Gasteiger partial charge in [0, 0.05) is 6.92 Å². The van der Waals surface area contributed by atoms with E-state index >= 15 is 0 Å². The van der Waals surface area contributed by atoms with Crippen LogP contribution >= 0.6 is 0 Å². The van der Waals surface area contributed by atoms with E-state index in [-0.39, 0.29) is 5.75 Å². The topological polar surface area (TPSA) is 50.1 Å². The van der Waals surface area contributed by atoms with Crippen molar-refractivity contribution in [2.24, 2.45) is 7.05 Å². The number of phenols is 1. The molecule has 4 nitrogen and oxygen atoms in total. The van der Waals surface area contributed by atoms with Gasteiger partial charge in [-0.05, 0) is 12.1 Å². The molecular weight excluding hydrogens is 180 g/mol. The maximum Gasteiger partial charge on any atom is 0.351 e. The molecule has 0 unspecified atom stereocenters. The second kappa shape index (κ2) is 3.14. The van der Waals surface area contributed by atoms with E-state index in [0.29, 0.717) is 11.5 Å². The molecule has 0 bridgehead atoms. The summed E-state index contributed by atoms with van der Waals surface area (Å²) in [4.78, 5) is 0. The monoisotopic (exact) mass is 191 g/mol. The Morgan fingerprint density at radius 2 is 2.07 bits per heavy atom. The number of phenolic OH excluding ortho intramolecular Hbond substituents is 1. The lowest BCUT2D eigenvalue weighted by Crippen LogP contribution is -2.31. The second-order valence-electron chi connectivity index (χ2n) is 3.11. The summed E-state index contributed by atoms with van der Waals surface area (Å²) < 4.78 is 6.90. The molecule has 0 aliphatic heterocycles. The highest BCUT2D eigenvalue weighted by atomic mass is 16.5. The van der Waals surface area contributed by atoms with E-state index in [9.17, 15) is 5.11 Å². The summed E-state index contributed by atoms with van der Waals surface area (Å²) in [5.74, 6) is 1.52. The molecule has 0 saturated heterocycles. The molecule has 0 aliphatic carbocycles. The van der Waals surface area contributed by atoms with E-state index in [2.05, 4.69) is 5.16 Å². The van der Waals surface area contributed by atoms with Gasteiger partial charge < -0.3 is 5.11 Å². The lowest BCUT2D eigenvalue weighted by Gasteiger charge is -1.96. The minimum absolute atomic E-state index is 0.194. The van der Waals surface area contributed by atoms with Crippen LogP contribution < -0.4 is 4.57 Å². The molecule has 1 heterocycles. The van der Waals surface area contributed by atoms with Crippen LogP contribution in [0.4, 0.5) is 0 Å². The predicted molar refractivity (Wildman–Crippen MR) is 49.5 cm³/mol. The van der Waals surface area contributed by atoms with Crippen LogP contribution in [-0.2, 0) is 7.05 Å². The largest absolute Gasteiger partial charge is 0.507 e. The predicted octanol–water partition coefficient (Wildman–Crippen LogP) is 1.18. The normalized spacial score (nSPS) is 10.4. The third-order valence-corrected chi connectivity index (χ3v) is 2.19. The van der Waals surface area contributed by atoms with Gasteiger partial charge in [-0.1, -0.05) is 12.1 Å². The number of rotatable bonds is 1. The number of aryl methyl sites for hydroxylation is 1. The van der Waals surface area contributed by atoms with Gasteiger partial charge in [0.1, 0.15) is 11.3 Å². The van der Waals surface area contributed by atoms with E-state index in [1.165, 1.54) is 0 Å². The average molecular weight is 191 g/mol. The van der Waals surface area contributed by atoms with Crippen LogP contribution in [0.5, 0.6) is 5.75 Å². The summed E-state index contributed by atoms with van der Waals surface area (Å²) in [6.07, 6.45) is 0. The van der Waals surface area contributed by atoms with Gasteiger partial charge in [0.05, 0.1) is 7.05 Å². The van der Waals surface area contributed by atoms with E-state index in [1.54, 1.807) is 22.8 Å². The van der Waals surface area contributed by atoms with Gasteiger partial charge in [0.15, 0.2) is 5.16 Å². The Morgan fingerprint density at radius 1 is 1.36 bits per heavy atom. The first-order valence-corrected chi connectivity index (χ1v) is 4.31. The number of hydrogen-bond donors (Lipinski definition) is 1. The standard InChI is InChI=1S/C10H10N2O2/c1-7-11-14-10(12(7)2)8-5-3-4-6-9(8)13/h3-6H,1-2H3/p+1. The van der Waals surface area contributed by atoms with Crippen molar-refractivity contribution >= 4 is 0 Å². The number of aromatic hydroxyl groups is 1. The van der Waals surface area contributed by atoms with Gasteiger partial charge in [-0.3, -0.25) is 0 Å². The number of aromatic nitrogens is 2. The van der Waals surface area contributed by atoms with Crippen LogP contribution in [0.25, 0.3) is 11.5 Å². The zero-order valence-electron chi connectivity index (χ0n) is 8.06. The quantitative estimate of drug-likeness (QED) is 0.688. The lowest BCUT2D eigenvalue weighted by molar-refractivity contribution is -0.669. The zero-order chi connectivity index (χ0) is 10.1. The Labute approximate surface area is 81.4 Å². The van der Waals surface area contributed by atoms with Crippen molar-refractivity contribution in [2.45, 2.75) is 6.92 Å². The summed E-state index contributed by atoms with van der Waals surface area (Å²) in [7, 11) is 1.84. The molecule has 2 aromatic rings. The number of nitrogens with zero attached hydrogens (tertiary/aromatic N) is 2. The smallest absolute Gasteiger partial charge is 0.351 e. The molecule has 0 radical (unpaired) electrons. The van der Waals surface area contributed by atoms with E-state index in [0.717, 1.165) is 5.82 Å². The van der Waals surface area contributed by atoms with Crippen LogP contribution in [0.2, 0.25) is 0 Å². The number of para-hydroxylation sites is 1. The third-order valence-electron chi connectivity index (χ3n) is 2.19. The minimum atomic E-state index is 0.194. The van der Waals surface area contributed by atoms with Gasteiger partial charge in [0.2, 0.25) is 0 Å². The molecule has 0 fully saturated rings. The van der Waals surface area contributed by atoms with Crippen LogP contribution in [0.3, 0.4) is 0 Å². The number of hydrogen-bond acceptors (Lipinski definition) is 3. The molecule has 0 saturated carbocycles. The van der Waals surface area contributed by atoms with Crippen molar-refractivity contribution in [1.82, 2.24) is 5.16 Å². The Hall–Kier alpha value is -1.84. The van der Waals surface area contributed by atoms with Gasteiger partial charge in [-0.15, -0.1) is 0 Å². The molecule has 14 heavy (non-hydrogen) atoms. The Balaban J connectivity index is 2.60. The zero-order valence-corrected chi connectivity index (χ0v) is 8.06. The summed E-state index contributed by atoms with van der Waals surface area (Å²) in [6, 6.07) is 7.01. The van der Waals surface area contributed by atoms with Crippen molar-refractivity contribution < 1.29 is 14.2 Å². The first-order valence-electron chi connectivity index (χ1n) is 4.31. The molecule has 4 heteroatoms. The fraction of sp³-hybridized carbons (Fsp3) is 0.200. The third kappa shape index (κ3) is 1.25. The van der Waals surface area contributed by atoms with Gasteiger partial charge in [-0.2, -0.15) is 4.57 Å². The Morgan fingerprint density at radius 3 is 2.64 bits per heavy atom. The fourth-order valence-electron chi connectivity index (χ4n) is 1.26. The molecule has 1 N–H and O–H groups in total. The molecule has 0 aliphatic rings. The van der Waals surface area contributed by atoms with Gasteiger partial charge >= 0.3 is 11.7 Å². The van der Waals surface area contributed by atoms with Crippen molar-refractivity contribution in [3.8, 4) is 17.2 Å². The summed E-state index contributed by atoms with van der Waals surface area (Å²) >= 11 is 0. The Bertz CT molecular complexity index is 463. The highest BCUT2D eigenvalue weighted by Crippen LogP contribution is 2.25. The highest BCUT2D eigenvalue weighted by molar-refractivity contribution is 5.59. The van der Waals surface area contributed by atoms with Crippen LogP contribution in [0.1, 0.15) is 5.82 Å². The van der Waals surface area contributed by atoms with Gasteiger partial charge in [0.25, 0.3) is 0 Å². The first-order chi connectivity index (χ1) is 6.70. The maximum atomic E-state index is 9.60. The maximum absolute atomic E-state index is 9.60. The second-order valence-corrected chi connectivity index (χ2v) is 3.11. The van der Waals surface area contributed by atoms with E-state index < -0.39 is 0 Å². The Kier molecular flexibility index (Phi) is 1.96. The highest BCUT2D eigenvalue weighted by Gasteiger charge is 2.20. The molecule has 0 amide bonds. The van der Waals surface area contributed by atoms with Gasteiger partial charge in [-0.25, -0.2) is 4.52 Å². The lowest BCUT2D eigenvalue weighted by atomic mass is 10.2.